The summed E-state index contributed by atoms with van der Waals surface area (Å²) in [7, 11) is 0. The third kappa shape index (κ3) is 1.13. The molecule has 0 N–H and O–H groups in total. The molecule has 0 radical (unpaired) electrons. The lowest BCUT2D eigenvalue weighted by Crippen LogP contribution is -2.35. The Balaban J connectivity index is 2.18. The molecule has 0 aromatic rings. The lowest BCUT2D eigenvalue weighted by atomic mass is 9.67. The average Bonchev–Trinajstić information content (AvgIpc) is 2.30. The van der Waals surface area contributed by atoms with Gasteiger partial charge in [-0.1, -0.05) is 13.8 Å². The van der Waals surface area contributed by atoms with Crippen molar-refractivity contribution in [3.8, 4) is 0 Å². The van der Waals surface area contributed by atoms with Crippen molar-refractivity contribution in [1.82, 2.24) is 0 Å². The molecule has 0 amide bonds. The second-order valence-corrected chi connectivity index (χ2v) is 4.72. The molecule has 1 heterocycles. The van der Waals surface area contributed by atoms with Gasteiger partial charge in [-0.05, 0) is 24.7 Å². The molecule has 2 rings (SSSR count). The van der Waals surface area contributed by atoms with E-state index in [0.29, 0.717) is 17.8 Å². The SMILES string of the molecule is CC1(C)CCC[C@@H]2OC(=O)C[C@@H]21. The number of carbonyl (C=O) groups is 1. The van der Waals surface area contributed by atoms with Gasteiger partial charge in [-0.2, -0.15) is 0 Å². The molecule has 1 saturated carbocycles. The quantitative estimate of drug-likeness (QED) is 0.518. The summed E-state index contributed by atoms with van der Waals surface area (Å²) in [6.07, 6.45) is 4.42. The van der Waals surface area contributed by atoms with E-state index in [9.17, 15) is 4.79 Å². The molecule has 1 aliphatic carbocycles. The van der Waals surface area contributed by atoms with E-state index in [1.54, 1.807) is 0 Å². The third-order valence-corrected chi connectivity index (χ3v) is 3.43. The highest BCUT2D eigenvalue weighted by Gasteiger charge is 2.46. The smallest absolute Gasteiger partial charge is 0.306 e. The van der Waals surface area contributed by atoms with E-state index < -0.39 is 0 Å². The second-order valence-electron chi connectivity index (χ2n) is 4.72. The van der Waals surface area contributed by atoms with Crippen molar-refractivity contribution >= 4 is 5.97 Å². The summed E-state index contributed by atoms with van der Waals surface area (Å²) in [5.74, 6) is 0.499. The molecule has 2 aliphatic rings. The van der Waals surface area contributed by atoms with E-state index in [0.717, 1.165) is 6.42 Å². The van der Waals surface area contributed by atoms with Gasteiger partial charge in [0.05, 0.1) is 6.42 Å². The van der Waals surface area contributed by atoms with Crippen LogP contribution in [0.5, 0.6) is 0 Å². The standard InChI is InChI=1S/C10H16O2/c1-10(2)5-3-4-8-7(10)6-9(11)12-8/h7-8H,3-6H2,1-2H3/t7-,8-/m0/s1. The van der Waals surface area contributed by atoms with E-state index in [1.165, 1.54) is 12.8 Å². The van der Waals surface area contributed by atoms with Gasteiger partial charge < -0.3 is 4.74 Å². The first-order valence-electron chi connectivity index (χ1n) is 4.79. The summed E-state index contributed by atoms with van der Waals surface area (Å²) in [5, 5.41) is 0. The van der Waals surface area contributed by atoms with Crippen LogP contribution in [-0.2, 0) is 9.53 Å². The maximum absolute atomic E-state index is 11.1. The number of esters is 1. The zero-order valence-corrected chi connectivity index (χ0v) is 7.80. The fourth-order valence-electron chi connectivity index (χ4n) is 2.59. The fourth-order valence-corrected chi connectivity index (χ4v) is 2.59. The maximum Gasteiger partial charge on any atom is 0.306 e. The lowest BCUT2D eigenvalue weighted by molar-refractivity contribution is -0.142. The minimum Gasteiger partial charge on any atom is -0.462 e. The maximum atomic E-state index is 11.1. The van der Waals surface area contributed by atoms with Crippen molar-refractivity contribution in [3.63, 3.8) is 0 Å². The van der Waals surface area contributed by atoms with Crippen LogP contribution in [-0.4, -0.2) is 12.1 Å². The van der Waals surface area contributed by atoms with Crippen molar-refractivity contribution in [2.24, 2.45) is 11.3 Å². The van der Waals surface area contributed by atoms with Gasteiger partial charge in [0.25, 0.3) is 0 Å². The van der Waals surface area contributed by atoms with Crippen LogP contribution in [0.4, 0.5) is 0 Å². The number of ether oxygens (including phenoxy) is 1. The van der Waals surface area contributed by atoms with Gasteiger partial charge in [0.2, 0.25) is 0 Å². The van der Waals surface area contributed by atoms with Crippen molar-refractivity contribution in [2.45, 2.75) is 45.6 Å². The molecule has 0 aromatic carbocycles. The monoisotopic (exact) mass is 168 g/mol. The zero-order valence-electron chi connectivity index (χ0n) is 7.80. The summed E-state index contributed by atoms with van der Waals surface area (Å²) in [5.41, 5.74) is 0.315. The van der Waals surface area contributed by atoms with E-state index in [-0.39, 0.29) is 12.1 Å². The van der Waals surface area contributed by atoms with Crippen LogP contribution >= 0.6 is 0 Å². The first-order chi connectivity index (χ1) is 5.59. The molecule has 0 bridgehead atoms. The van der Waals surface area contributed by atoms with Crippen molar-refractivity contribution in [3.05, 3.63) is 0 Å². The number of carbonyl (C=O) groups excluding carboxylic acids is 1. The molecule has 1 aliphatic heterocycles. The fraction of sp³-hybridized carbons (Fsp3) is 0.900. The molecule has 2 nitrogen and oxygen atoms in total. The Morgan fingerprint density at radius 2 is 2.25 bits per heavy atom. The zero-order chi connectivity index (χ0) is 8.77. The summed E-state index contributed by atoms with van der Waals surface area (Å²) in [6, 6.07) is 0. The summed E-state index contributed by atoms with van der Waals surface area (Å²) < 4.78 is 5.26. The summed E-state index contributed by atoms with van der Waals surface area (Å²) >= 11 is 0. The van der Waals surface area contributed by atoms with Crippen LogP contribution in [0, 0.1) is 11.3 Å². The Morgan fingerprint density at radius 1 is 1.50 bits per heavy atom. The van der Waals surface area contributed by atoms with Gasteiger partial charge in [0, 0.05) is 5.92 Å². The normalized spacial score (nSPS) is 39.0. The first-order valence-corrected chi connectivity index (χ1v) is 4.79. The molecular weight excluding hydrogens is 152 g/mol. The highest BCUT2D eigenvalue weighted by Crippen LogP contribution is 2.46. The molecular formula is C10H16O2. The van der Waals surface area contributed by atoms with E-state index >= 15 is 0 Å². The predicted molar refractivity (Wildman–Crippen MR) is 45.6 cm³/mol. The van der Waals surface area contributed by atoms with Crippen LogP contribution < -0.4 is 0 Å². The molecule has 12 heavy (non-hydrogen) atoms. The molecule has 0 unspecified atom stereocenters. The highest BCUT2D eigenvalue weighted by atomic mass is 16.5. The Kier molecular flexibility index (Phi) is 1.67. The van der Waals surface area contributed by atoms with Crippen molar-refractivity contribution < 1.29 is 9.53 Å². The van der Waals surface area contributed by atoms with Gasteiger partial charge in [-0.3, -0.25) is 4.79 Å². The van der Waals surface area contributed by atoms with E-state index in [1.807, 2.05) is 0 Å². The number of hydrogen-bond acceptors (Lipinski definition) is 2. The molecule has 2 atom stereocenters. The minimum absolute atomic E-state index is 0.0139. The van der Waals surface area contributed by atoms with Gasteiger partial charge in [-0.25, -0.2) is 0 Å². The van der Waals surface area contributed by atoms with Gasteiger partial charge in [0.1, 0.15) is 6.10 Å². The van der Waals surface area contributed by atoms with Crippen LogP contribution in [0.3, 0.4) is 0 Å². The van der Waals surface area contributed by atoms with Crippen LogP contribution in [0.25, 0.3) is 0 Å². The Labute approximate surface area is 73.3 Å². The van der Waals surface area contributed by atoms with E-state index in [2.05, 4.69) is 13.8 Å². The Morgan fingerprint density at radius 3 is 2.92 bits per heavy atom. The topological polar surface area (TPSA) is 26.3 Å². The van der Waals surface area contributed by atoms with E-state index in [4.69, 9.17) is 4.74 Å². The van der Waals surface area contributed by atoms with Gasteiger partial charge >= 0.3 is 5.97 Å². The van der Waals surface area contributed by atoms with Gasteiger partial charge in [-0.15, -0.1) is 0 Å². The molecule has 68 valence electrons. The van der Waals surface area contributed by atoms with Crippen molar-refractivity contribution in [2.75, 3.05) is 0 Å². The largest absolute Gasteiger partial charge is 0.462 e. The van der Waals surface area contributed by atoms with Crippen LogP contribution in [0.2, 0.25) is 0 Å². The third-order valence-electron chi connectivity index (χ3n) is 3.43. The minimum atomic E-state index is 0.0139. The average molecular weight is 168 g/mol. The second kappa shape index (κ2) is 2.48. The van der Waals surface area contributed by atoms with Crippen molar-refractivity contribution in [1.29, 1.82) is 0 Å². The number of rotatable bonds is 0. The molecule has 1 saturated heterocycles. The first kappa shape index (κ1) is 8.09. The van der Waals surface area contributed by atoms with Crippen LogP contribution in [0.1, 0.15) is 39.5 Å². The van der Waals surface area contributed by atoms with Crippen LogP contribution in [0.15, 0.2) is 0 Å². The lowest BCUT2D eigenvalue weighted by Gasteiger charge is -2.38. The molecule has 2 fully saturated rings. The summed E-state index contributed by atoms with van der Waals surface area (Å²) in [6.45, 7) is 4.51. The molecule has 2 heteroatoms. The van der Waals surface area contributed by atoms with Gasteiger partial charge in [0.15, 0.2) is 0 Å². The number of hydrogen-bond donors (Lipinski definition) is 0. The number of fused-ring (bicyclic) bond motifs is 1. The predicted octanol–water partition coefficient (Wildman–Crippen LogP) is 2.13. The summed E-state index contributed by atoms with van der Waals surface area (Å²) in [4.78, 5) is 11.1. The molecule has 0 spiro atoms. The highest BCUT2D eigenvalue weighted by molar-refractivity contribution is 5.72. The Bertz CT molecular complexity index is 208. The molecule has 0 aromatic heterocycles. The Hall–Kier alpha value is -0.530.